The minimum absolute atomic E-state index is 0.263. The number of phenols is 1. The average molecular weight is 449 g/mol. The van der Waals surface area contributed by atoms with Gasteiger partial charge in [0, 0.05) is 16.2 Å². The van der Waals surface area contributed by atoms with Gasteiger partial charge in [-0.15, -0.1) is 0 Å². The van der Waals surface area contributed by atoms with Gasteiger partial charge in [-0.3, -0.25) is 0 Å². The van der Waals surface area contributed by atoms with Crippen LogP contribution in [0.2, 0.25) is 0 Å². The van der Waals surface area contributed by atoms with Crippen molar-refractivity contribution >= 4 is 21.5 Å². The zero-order chi connectivity index (χ0) is 23.5. The predicted octanol–water partition coefficient (Wildman–Crippen LogP) is 7.73. The average Bonchev–Trinajstić information content (AvgIpc) is 2.87. The summed E-state index contributed by atoms with van der Waals surface area (Å²) >= 11 is 0. The van der Waals surface area contributed by atoms with Crippen molar-refractivity contribution in [2.75, 3.05) is 0 Å². The van der Waals surface area contributed by atoms with Crippen molar-refractivity contribution in [3.63, 3.8) is 0 Å². The molecule has 0 aliphatic rings. The molecule has 5 rings (SSSR count). The number of hydrogen-bond acceptors (Lipinski definition) is 3. The Labute approximate surface area is 200 Å². The quantitative estimate of drug-likeness (QED) is 0.277. The molecule has 5 aromatic rings. The Bertz CT molecular complexity index is 1360. The maximum absolute atomic E-state index is 10.2. The summed E-state index contributed by atoms with van der Waals surface area (Å²) in [6, 6.07) is 30.3. The van der Waals surface area contributed by atoms with Gasteiger partial charge in [0.15, 0.2) is 0 Å². The van der Waals surface area contributed by atoms with E-state index in [0.717, 1.165) is 45.2 Å². The van der Waals surface area contributed by atoms with Crippen LogP contribution in [0.1, 0.15) is 29.2 Å². The first-order valence-corrected chi connectivity index (χ1v) is 11.7. The Kier molecular flexibility index (Phi) is 6.09. The maximum Gasteiger partial charge on any atom is 0.127 e. The number of aryl methyl sites for hydroxylation is 2. The van der Waals surface area contributed by atoms with Crippen LogP contribution in [-0.2, 0) is 19.6 Å². The van der Waals surface area contributed by atoms with Crippen LogP contribution in [0.5, 0.6) is 17.2 Å². The summed E-state index contributed by atoms with van der Waals surface area (Å²) in [5, 5.41) is 14.2. The van der Waals surface area contributed by atoms with Gasteiger partial charge in [0.05, 0.1) is 0 Å². The lowest BCUT2D eigenvalue weighted by Gasteiger charge is -2.14. The van der Waals surface area contributed by atoms with Crippen LogP contribution in [0.15, 0.2) is 91.0 Å². The number of hydrogen-bond donors (Lipinski definition) is 1. The zero-order valence-electron chi connectivity index (χ0n) is 19.5. The molecule has 170 valence electrons. The summed E-state index contributed by atoms with van der Waals surface area (Å²) in [6.45, 7) is 5.23. The van der Waals surface area contributed by atoms with Crippen molar-refractivity contribution in [2.24, 2.45) is 0 Å². The normalized spacial score (nSPS) is 11.1. The molecule has 0 atom stereocenters. The summed E-state index contributed by atoms with van der Waals surface area (Å²) < 4.78 is 12.5. The molecule has 0 radical (unpaired) electrons. The van der Waals surface area contributed by atoms with Crippen molar-refractivity contribution < 1.29 is 14.6 Å². The van der Waals surface area contributed by atoms with Crippen LogP contribution >= 0.6 is 0 Å². The second-order valence-corrected chi connectivity index (χ2v) is 8.64. The van der Waals surface area contributed by atoms with Crippen LogP contribution in [0.25, 0.3) is 21.5 Å². The number of ether oxygens (including phenoxy) is 2. The molecule has 0 amide bonds. The smallest absolute Gasteiger partial charge is 0.127 e. The Morgan fingerprint density at radius 2 is 1.09 bits per heavy atom. The molecule has 0 saturated carbocycles. The number of fused-ring (bicyclic) bond motifs is 2. The van der Waals surface area contributed by atoms with E-state index in [4.69, 9.17) is 9.47 Å². The summed E-state index contributed by atoms with van der Waals surface area (Å²) in [5.41, 5.74) is 4.73. The van der Waals surface area contributed by atoms with E-state index >= 15 is 0 Å². The molecule has 1 N–H and O–H groups in total. The third-order valence-electron chi connectivity index (χ3n) is 6.27. The van der Waals surface area contributed by atoms with E-state index in [2.05, 4.69) is 56.3 Å². The first kappa shape index (κ1) is 21.8. The van der Waals surface area contributed by atoms with Gasteiger partial charge in [0.2, 0.25) is 0 Å². The second kappa shape index (κ2) is 9.48. The number of rotatable bonds is 7. The fourth-order valence-corrected chi connectivity index (χ4v) is 4.49. The zero-order valence-corrected chi connectivity index (χ0v) is 19.5. The molecule has 0 aliphatic heterocycles. The molecular formula is C31H28O3. The van der Waals surface area contributed by atoms with Crippen molar-refractivity contribution in [1.29, 1.82) is 0 Å². The molecule has 3 nitrogen and oxygen atoms in total. The van der Waals surface area contributed by atoms with Crippen molar-refractivity contribution in [2.45, 2.75) is 33.5 Å². The van der Waals surface area contributed by atoms with Crippen molar-refractivity contribution in [3.8, 4) is 17.2 Å². The minimum atomic E-state index is 0.263. The highest BCUT2D eigenvalue weighted by Crippen LogP contribution is 2.32. The molecule has 0 fully saturated rings. The molecule has 0 spiro atoms. The van der Waals surface area contributed by atoms with E-state index in [1.807, 2.05) is 42.5 Å². The Balaban J connectivity index is 1.37. The van der Waals surface area contributed by atoms with Gasteiger partial charge in [-0.2, -0.15) is 0 Å². The molecule has 0 heterocycles. The Morgan fingerprint density at radius 1 is 0.588 bits per heavy atom. The lowest BCUT2D eigenvalue weighted by molar-refractivity contribution is 0.303. The summed E-state index contributed by atoms with van der Waals surface area (Å²) in [7, 11) is 0. The van der Waals surface area contributed by atoms with Crippen molar-refractivity contribution in [1.82, 2.24) is 0 Å². The summed E-state index contributed by atoms with van der Waals surface area (Å²) in [5.74, 6) is 1.93. The van der Waals surface area contributed by atoms with Gasteiger partial charge in [-0.25, -0.2) is 0 Å². The molecule has 0 bridgehead atoms. The molecule has 0 aromatic heterocycles. The highest BCUT2D eigenvalue weighted by Gasteiger charge is 2.08. The summed E-state index contributed by atoms with van der Waals surface area (Å²) in [4.78, 5) is 0. The monoisotopic (exact) mass is 448 g/mol. The Morgan fingerprint density at radius 3 is 1.74 bits per heavy atom. The maximum atomic E-state index is 10.2. The molecule has 5 aromatic carbocycles. The molecule has 34 heavy (non-hydrogen) atoms. The minimum Gasteiger partial charge on any atom is -0.507 e. The highest BCUT2D eigenvalue weighted by atomic mass is 16.5. The predicted molar refractivity (Wildman–Crippen MR) is 139 cm³/mol. The van der Waals surface area contributed by atoms with E-state index in [9.17, 15) is 5.11 Å². The van der Waals surface area contributed by atoms with Gasteiger partial charge in [-0.05, 0) is 65.3 Å². The van der Waals surface area contributed by atoms with Gasteiger partial charge in [0.25, 0.3) is 0 Å². The van der Waals surface area contributed by atoms with E-state index in [0.29, 0.717) is 13.2 Å². The molecule has 0 aliphatic carbocycles. The van der Waals surface area contributed by atoms with E-state index in [1.54, 1.807) is 6.07 Å². The van der Waals surface area contributed by atoms with Crippen molar-refractivity contribution in [3.05, 3.63) is 113 Å². The fraction of sp³-hybridized carbons (Fsp3) is 0.161. The van der Waals surface area contributed by atoms with Crippen LogP contribution < -0.4 is 9.47 Å². The molecule has 0 saturated heterocycles. The Hall–Kier alpha value is -3.98. The fourth-order valence-electron chi connectivity index (χ4n) is 4.49. The lowest BCUT2D eigenvalue weighted by atomic mass is 10.0. The van der Waals surface area contributed by atoms with Gasteiger partial charge in [-0.1, -0.05) is 73.7 Å². The third kappa shape index (κ3) is 4.42. The van der Waals surface area contributed by atoms with E-state index in [-0.39, 0.29) is 5.75 Å². The third-order valence-corrected chi connectivity index (χ3v) is 6.27. The van der Waals surface area contributed by atoms with Gasteiger partial charge >= 0.3 is 0 Å². The standard InChI is InChI=1S/C31H28O3/c1-3-22-16-23(19-33-30-14-6-9-25-21(2)8-4-11-27(25)30)18-24(17-22)20-34-31-15-7-10-26-28(31)12-5-13-29(26)32/h4-18,32H,3,19-20H2,1-2H3. The summed E-state index contributed by atoms with van der Waals surface area (Å²) in [6.07, 6.45) is 0.941. The molecule has 0 unspecified atom stereocenters. The number of benzene rings is 5. The number of phenolic OH excluding ortho intramolecular Hbond substituents is 1. The van der Waals surface area contributed by atoms with Crippen LogP contribution in [0.4, 0.5) is 0 Å². The van der Waals surface area contributed by atoms with Crippen LogP contribution in [0.3, 0.4) is 0 Å². The van der Waals surface area contributed by atoms with E-state index in [1.165, 1.54) is 16.5 Å². The first-order chi connectivity index (χ1) is 16.6. The highest BCUT2D eigenvalue weighted by molar-refractivity contribution is 5.93. The number of aromatic hydroxyl groups is 1. The van der Waals surface area contributed by atoms with E-state index < -0.39 is 0 Å². The molecule has 3 heteroatoms. The topological polar surface area (TPSA) is 38.7 Å². The first-order valence-electron chi connectivity index (χ1n) is 11.7. The van der Waals surface area contributed by atoms with Gasteiger partial charge < -0.3 is 14.6 Å². The molecular weight excluding hydrogens is 420 g/mol. The largest absolute Gasteiger partial charge is 0.507 e. The SMILES string of the molecule is CCc1cc(COc2cccc3c(C)cccc23)cc(COc2cccc3c(O)cccc23)c1. The van der Waals surface area contributed by atoms with Gasteiger partial charge in [0.1, 0.15) is 30.5 Å². The second-order valence-electron chi connectivity index (χ2n) is 8.64. The lowest BCUT2D eigenvalue weighted by Crippen LogP contribution is -2.02. The van der Waals surface area contributed by atoms with Crippen LogP contribution in [-0.4, -0.2) is 5.11 Å². The van der Waals surface area contributed by atoms with Crippen LogP contribution in [0, 0.1) is 6.92 Å².